The molecule has 120 valence electrons. The smallest absolute Gasteiger partial charge is 0.0494 e. The maximum absolute atomic E-state index is 9.16. The first-order valence-corrected chi connectivity index (χ1v) is 8.71. The first kappa shape index (κ1) is 15.6. The zero-order valence-corrected chi connectivity index (χ0v) is 13.4. The number of hydrogen-bond acceptors (Lipinski definition) is 3. The minimum absolute atomic E-state index is 0.263. The molecule has 0 radical (unpaired) electrons. The largest absolute Gasteiger partial charge is 0.396 e. The molecule has 3 rings (SSSR count). The molecule has 22 heavy (non-hydrogen) atoms. The van der Waals surface area contributed by atoms with E-state index in [1.807, 2.05) is 0 Å². The first-order valence-electron chi connectivity index (χ1n) is 8.71. The highest BCUT2D eigenvalue weighted by molar-refractivity contribution is 5.47. The second kappa shape index (κ2) is 7.80. The number of aliphatic hydroxyl groups excluding tert-OH is 1. The van der Waals surface area contributed by atoms with Gasteiger partial charge in [0.15, 0.2) is 0 Å². The molecule has 2 atom stereocenters. The van der Waals surface area contributed by atoms with E-state index in [4.69, 9.17) is 5.11 Å². The van der Waals surface area contributed by atoms with E-state index in [1.165, 1.54) is 50.0 Å². The summed E-state index contributed by atoms with van der Waals surface area (Å²) in [5.41, 5.74) is 2.70. The van der Waals surface area contributed by atoms with Crippen LogP contribution in [0.5, 0.6) is 0 Å². The minimum atomic E-state index is 0.263. The number of benzene rings is 1. The van der Waals surface area contributed by atoms with Crippen LogP contribution in [-0.2, 0) is 6.54 Å². The van der Waals surface area contributed by atoms with Crippen LogP contribution in [0.4, 0.5) is 5.69 Å². The maximum Gasteiger partial charge on any atom is 0.0494 e. The van der Waals surface area contributed by atoms with E-state index in [9.17, 15) is 0 Å². The Balaban J connectivity index is 1.50. The van der Waals surface area contributed by atoms with Gasteiger partial charge in [0.1, 0.15) is 0 Å². The lowest BCUT2D eigenvalue weighted by Gasteiger charge is -2.23. The molecule has 0 unspecified atom stereocenters. The molecule has 1 saturated heterocycles. The van der Waals surface area contributed by atoms with Gasteiger partial charge in [0, 0.05) is 43.9 Å². The molecule has 1 aromatic rings. The Morgan fingerprint density at radius 1 is 1.00 bits per heavy atom. The Bertz CT molecular complexity index is 475. The van der Waals surface area contributed by atoms with E-state index in [-0.39, 0.29) is 6.61 Å². The number of hydrogen-bond donors (Lipinski definition) is 2. The van der Waals surface area contributed by atoms with E-state index in [0.29, 0.717) is 12.0 Å². The molecular formula is C19H28N2O. The fraction of sp³-hybridized carbons (Fsp3) is 0.579. The summed E-state index contributed by atoms with van der Waals surface area (Å²) in [6.45, 7) is 3.56. The van der Waals surface area contributed by atoms with Crippen LogP contribution in [0, 0.1) is 5.92 Å². The summed E-state index contributed by atoms with van der Waals surface area (Å²) in [4.78, 5) is 2.52. The maximum atomic E-state index is 9.16. The molecule has 0 bridgehead atoms. The highest BCUT2D eigenvalue weighted by Gasteiger charge is 2.17. The molecule has 0 spiro atoms. The molecule has 1 aliphatic heterocycles. The van der Waals surface area contributed by atoms with Crippen LogP contribution >= 0.6 is 0 Å². The van der Waals surface area contributed by atoms with Crippen molar-refractivity contribution in [3.05, 3.63) is 42.0 Å². The van der Waals surface area contributed by atoms with Crippen LogP contribution in [0.15, 0.2) is 36.4 Å². The zero-order valence-electron chi connectivity index (χ0n) is 13.4. The van der Waals surface area contributed by atoms with Gasteiger partial charge in [-0.05, 0) is 37.0 Å². The lowest BCUT2D eigenvalue weighted by Crippen LogP contribution is -2.26. The highest BCUT2D eigenvalue weighted by atomic mass is 16.3. The molecule has 0 aromatic heterocycles. The number of aliphatic hydroxyl groups is 1. The lowest BCUT2D eigenvalue weighted by molar-refractivity contribution is 0.246. The second-order valence-corrected chi connectivity index (χ2v) is 6.62. The summed E-state index contributed by atoms with van der Waals surface area (Å²) in [5.74, 6) is 0.336. The van der Waals surface area contributed by atoms with Gasteiger partial charge in [0.2, 0.25) is 0 Å². The van der Waals surface area contributed by atoms with Crippen LogP contribution < -0.4 is 10.2 Å². The minimum Gasteiger partial charge on any atom is -0.396 e. The summed E-state index contributed by atoms with van der Waals surface area (Å²) in [6, 6.07) is 9.43. The van der Waals surface area contributed by atoms with Gasteiger partial charge in [-0.15, -0.1) is 0 Å². The van der Waals surface area contributed by atoms with Crippen molar-refractivity contribution in [3.8, 4) is 0 Å². The monoisotopic (exact) mass is 300 g/mol. The lowest BCUT2D eigenvalue weighted by atomic mass is 10.1. The number of rotatable bonds is 5. The van der Waals surface area contributed by atoms with Crippen molar-refractivity contribution in [2.24, 2.45) is 5.92 Å². The highest BCUT2D eigenvalue weighted by Crippen LogP contribution is 2.21. The molecule has 3 heteroatoms. The van der Waals surface area contributed by atoms with Gasteiger partial charge in [-0.25, -0.2) is 0 Å². The van der Waals surface area contributed by atoms with Crippen LogP contribution in [0.2, 0.25) is 0 Å². The number of nitrogens with one attached hydrogen (secondary N) is 1. The van der Waals surface area contributed by atoms with Gasteiger partial charge in [-0.2, -0.15) is 0 Å². The predicted octanol–water partition coefficient (Wildman–Crippen LogP) is 3.09. The topological polar surface area (TPSA) is 35.5 Å². The Morgan fingerprint density at radius 3 is 2.36 bits per heavy atom. The van der Waals surface area contributed by atoms with E-state index in [1.54, 1.807) is 0 Å². The van der Waals surface area contributed by atoms with E-state index < -0.39 is 0 Å². The quantitative estimate of drug-likeness (QED) is 0.820. The third-order valence-corrected chi connectivity index (χ3v) is 4.88. The summed E-state index contributed by atoms with van der Waals surface area (Å²) >= 11 is 0. The normalized spacial score (nSPS) is 25.4. The van der Waals surface area contributed by atoms with Crippen molar-refractivity contribution in [1.82, 2.24) is 5.32 Å². The fourth-order valence-electron chi connectivity index (χ4n) is 3.46. The van der Waals surface area contributed by atoms with Crippen LogP contribution in [0.25, 0.3) is 0 Å². The van der Waals surface area contributed by atoms with Gasteiger partial charge in [-0.1, -0.05) is 37.1 Å². The molecule has 2 N–H and O–H groups in total. The number of nitrogens with zero attached hydrogens (tertiary/aromatic N) is 1. The number of anilines is 1. The van der Waals surface area contributed by atoms with Crippen molar-refractivity contribution in [2.45, 2.75) is 44.7 Å². The fourth-order valence-corrected chi connectivity index (χ4v) is 3.46. The Morgan fingerprint density at radius 2 is 1.73 bits per heavy atom. The predicted molar refractivity (Wildman–Crippen MR) is 92.1 cm³/mol. The van der Waals surface area contributed by atoms with Crippen molar-refractivity contribution in [2.75, 3.05) is 24.6 Å². The third-order valence-electron chi connectivity index (χ3n) is 4.88. The molecule has 3 nitrogen and oxygen atoms in total. The average Bonchev–Trinajstić information content (AvgIpc) is 2.86. The molecule has 1 fully saturated rings. The van der Waals surface area contributed by atoms with Gasteiger partial charge in [-0.3, -0.25) is 0 Å². The Kier molecular flexibility index (Phi) is 5.52. The van der Waals surface area contributed by atoms with E-state index in [2.05, 4.69) is 46.6 Å². The van der Waals surface area contributed by atoms with Crippen molar-refractivity contribution in [3.63, 3.8) is 0 Å². The summed E-state index contributed by atoms with van der Waals surface area (Å²) < 4.78 is 0. The SMILES string of the molecule is OC[C@H]1C=C[C@@H](NCc2ccc(N3CCCCCC3)cc2)C1. The van der Waals surface area contributed by atoms with Gasteiger partial charge >= 0.3 is 0 Å². The van der Waals surface area contributed by atoms with Crippen molar-refractivity contribution >= 4 is 5.69 Å². The van der Waals surface area contributed by atoms with Crippen LogP contribution in [0.1, 0.15) is 37.7 Å². The van der Waals surface area contributed by atoms with Gasteiger partial charge in [0.05, 0.1) is 0 Å². The standard InChI is InChI=1S/C19H28N2O/c22-15-17-5-8-18(13-17)20-14-16-6-9-19(10-7-16)21-11-3-1-2-4-12-21/h5-10,17-18,20,22H,1-4,11-15H2/t17-,18+/m0/s1. The summed E-state index contributed by atoms with van der Waals surface area (Å²) in [5, 5.41) is 12.7. The van der Waals surface area contributed by atoms with Crippen molar-refractivity contribution < 1.29 is 5.11 Å². The third kappa shape index (κ3) is 4.11. The Hall–Kier alpha value is -1.32. The Labute approximate surface area is 134 Å². The van der Waals surface area contributed by atoms with Gasteiger partial charge < -0.3 is 15.3 Å². The molecule has 1 aromatic carbocycles. The molecule has 0 saturated carbocycles. The summed E-state index contributed by atoms with van der Waals surface area (Å²) in [7, 11) is 0. The van der Waals surface area contributed by atoms with Crippen LogP contribution in [0.3, 0.4) is 0 Å². The zero-order chi connectivity index (χ0) is 15.2. The van der Waals surface area contributed by atoms with E-state index in [0.717, 1.165) is 13.0 Å². The second-order valence-electron chi connectivity index (χ2n) is 6.62. The van der Waals surface area contributed by atoms with E-state index >= 15 is 0 Å². The molecule has 1 heterocycles. The van der Waals surface area contributed by atoms with Crippen LogP contribution in [-0.4, -0.2) is 30.8 Å². The molecular weight excluding hydrogens is 272 g/mol. The van der Waals surface area contributed by atoms with Gasteiger partial charge in [0.25, 0.3) is 0 Å². The first-order chi connectivity index (χ1) is 10.8. The molecule has 2 aliphatic rings. The van der Waals surface area contributed by atoms with Crippen molar-refractivity contribution in [1.29, 1.82) is 0 Å². The average molecular weight is 300 g/mol. The molecule has 1 aliphatic carbocycles. The summed E-state index contributed by atoms with van der Waals surface area (Å²) in [6.07, 6.45) is 10.7. The molecule has 0 amide bonds.